The zero-order valence-corrected chi connectivity index (χ0v) is 44.2. The maximum atomic E-state index is 4.85. The number of aromatic nitrogens is 1. The predicted molar refractivity (Wildman–Crippen MR) is 315 cm³/mol. The van der Waals surface area contributed by atoms with Crippen LogP contribution >= 0.6 is 0 Å². The van der Waals surface area contributed by atoms with Gasteiger partial charge in [-0.05, 0) is 159 Å². The van der Waals surface area contributed by atoms with Crippen molar-refractivity contribution in [2.45, 2.75) is 103 Å². The van der Waals surface area contributed by atoms with E-state index >= 15 is 0 Å². The lowest BCUT2D eigenvalue weighted by Gasteiger charge is -2.51. The smallest absolute Gasteiger partial charge is 0.252 e. The van der Waals surface area contributed by atoms with E-state index in [1.165, 1.54) is 114 Å². The van der Waals surface area contributed by atoms with Gasteiger partial charge >= 0.3 is 0 Å². The molecule has 4 heterocycles. The van der Waals surface area contributed by atoms with Crippen LogP contribution in [0.3, 0.4) is 0 Å². The zero-order chi connectivity index (χ0) is 50.7. The Morgan fingerprint density at radius 1 is 0.432 bits per heavy atom. The van der Waals surface area contributed by atoms with Crippen LogP contribution in [0.1, 0.15) is 97.8 Å². The lowest BCUT2D eigenvalue weighted by Crippen LogP contribution is -2.61. The minimum atomic E-state index is -0.199. The third kappa shape index (κ3) is 7.21. The van der Waals surface area contributed by atoms with Gasteiger partial charge in [0.2, 0.25) is 0 Å². The Bertz CT molecular complexity index is 3630. The van der Waals surface area contributed by atoms with E-state index in [4.69, 9.17) is 4.98 Å². The van der Waals surface area contributed by atoms with Gasteiger partial charge < -0.3 is 14.7 Å². The molecule has 4 aliphatic rings. The predicted octanol–water partition coefficient (Wildman–Crippen LogP) is 16.5. The van der Waals surface area contributed by atoms with Crippen LogP contribution in [0.5, 0.6) is 0 Å². The second-order valence-corrected chi connectivity index (χ2v) is 24.0. The standard InChI is InChI=1S/C69H65BN4/c1-66(2,3)51-29-32-53(33-30-51)72-61-36-31-52(67(4,5)6)43-58(61)70-57-34-27-49(47-22-13-10-14-23-47)42-62(57)73(54-25-19-24-48(40-54)46-20-11-9-12-21-46)64-45-55(44-63(72)65(64)70)74-60-35-28-50(59-26-15-18-39-71-59)41-56(60)68(7)37-16-17-38-69(68,74)8/h9-15,18-36,39-45H,16-17,37-38H2,1-8H3. The number of hydrogen-bond acceptors (Lipinski definition) is 4. The molecule has 0 N–H and O–H groups in total. The van der Waals surface area contributed by atoms with Gasteiger partial charge in [0, 0.05) is 62.7 Å². The highest BCUT2D eigenvalue weighted by Crippen LogP contribution is 2.62. The molecule has 74 heavy (non-hydrogen) atoms. The van der Waals surface area contributed by atoms with Gasteiger partial charge in [-0.25, -0.2) is 0 Å². The van der Waals surface area contributed by atoms with Gasteiger partial charge in [0.1, 0.15) is 0 Å². The molecule has 1 aliphatic carbocycles. The molecule has 13 rings (SSSR count). The molecule has 8 aromatic carbocycles. The average Bonchev–Trinajstić information content (AvgIpc) is 3.65. The number of anilines is 8. The Hall–Kier alpha value is -7.63. The van der Waals surface area contributed by atoms with Gasteiger partial charge in [-0.3, -0.25) is 4.98 Å². The van der Waals surface area contributed by atoms with E-state index in [9.17, 15) is 0 Å². The molecule has 3 aliphatic heterocycles. The van der Waals surface area contributed by atoms with E-state index in [1.54, 1.807) is 0 Å². The Labute approximate surface area is 439 Å². The first-order chi connectivity index (χ1) is 35.7. The normalized spacial score (nSPS) is 18.6. The van der Waals surface area contributed by atoms with Crippen LogP contribution in [-0.2, 0) is 16.2 Å². The maximum absolute atomic E-state index is 4.85. The van der Waals surface area contributed by atoms with Crippen molar-refractivity contribution in [2.24, 2.45) is 0 Å². The van der Waals surface area contributed by atoms with Crippen molar-refractivity contribution >= 4 is 68.6 Å². The fourth-order valence-electron chi connectivity index (χ4n) is 13.3. The second kappa shape index (κ2) is 17.0. The molecule has 0 saturated heterocycles. The third-order valence-electron chi connectivity index (χ3n) is 17.6. The summed E-state index contributed by atoms with van der Waals surface area (Å²) in [6, 6.07) is 73.8. The van der Waals surface area contributed by atoms with Gasteiger partial charge in [0.05, 0.1) is 11.2 Å². The summed E-state index contributed by atoms with van der Waals surface area (Å²) in [5, 5.41) is 0. The minimum absolute atomic E-state index is 0.0168. The highest BCUT2D eigenvalue weighted by molar-refractivity contribution is 7.00. The molecule has 1 fully saturated rings. The van der Waals surface area contributed by atoms with Crippen LogP contribution in [0, 0.1) is 0 Å². The molecule has 0 bridgehead atoms. The molecule has 1 saturated carbocycles. The van der Waals surface area contributed by atoms with Gasteiger partial charge in [-0.1, -0.05) is 183 Å². The number of fused-ring (bicyclic) bond motifs is 7. The topological polar surface area (TPSA) is 22.6 Å². The molecule has 5 heteroatoms. The number of nitrogens with zero attached hydrogens (tertiary/aromatic N) is 4. The lowest BCUT2D eigenvalue weighted by atomic mass is 9.33. The summed E-state index contributed by atoms with van der Waals surface area (Å²) in [6.07, 6.45) is 6.53. The van der Waals surface area contributed by atoms with Crippen molar-refractivity contribution in [1.29, 1.82) is 0 Å². The van der Waals surface area contributed by atoms with E-state index in [2.05, 4.69) is 258 Å². The second-order valence-electron chi connectivity index (χ2n) is 24.0. The average molecular weight is 961 g/mol. The summed E-state index contributed by atoms with van der Waals surface area (Å²) >= 11 is 0. The Kier molecular flexibility index (Phi) is 10.6. The minimum Gasteiger partial charge on any atom is -0.334 e. The van der Waals surface area contributed by atoms with Crippen LogP contribution in [0.2, 0.25) is 0 Å². The summed E-state index contributed by atoms with van der Waals surface area (Å²) in [5.41, 5.74) is 24.4. The summed E-state index contributed by atoms with van der Waals surface area (Å²) < 4.78 is 0. The maximum Gasteiger partial charge on any atom is 0.252 e. The van der Waals surface area contributed by atoms with E-state index in [1.807, 2.05) is 12.3 Å². The molecule has 364 valence electrons. The first kappa shape index (κ1) is 46.2. The summed E-state index contributed by atoms with van der Waals surface area (Å²) in [7, 11) is 0. The van der Waals surface area contributed by atoms with Crippen LogP contribution < -0.4 is 31.1 Å². The highest BCUT2D eigenvalue weighted by Gasteiger charge is 2.58. The fraction of sp³-hybridized carbons (Fsp3) is 0.232. The molecule has 2 unspecified atom stereocenters. The SMILES string of the molecule is CC(C)(C)c1ccc(N2c3ccc(C(C)(C)C)cc3B3c4ccc(-c5ccccc5)cc4N(c4cccc(-c5ccccc5)c4)c4cc(N5c6ccc(-c7ccccn7)cc6C6(C)CCCCC56C)cc2c43)cc1. The number of pyridine rings is 1. The third-order valence-corrected chi connectivity index (χ3v) is 17.6. The monoisotopic (exact) mass is 961 g/mol. The van der Waals surface area contributed by atoms with Crippen molar-refractivity contribution in [3.05, 3.63) is 217 Å². The molecular weight excluding hydrogens is 896 g/mol. The van der Waals surface area contributed by atoms with Crippen molar-refractivity contribution in [2.75, 3.05) is 14.7 Å². The Balaban J connectivity index is 1.14. The summed E-state index contributed by atoms with van der Waals surface area (Å²) in [5.74, 6) is 0. The van der Waals surface area contributed by atoms with Crippen molar-refractivity contribution in [1.82, 2.24) is 4.98 Å². The van der Waals surface area contributed by atoms with E-state index in [0.717, 1.165) is 24.2 Å². The molecule has 9 aromatic rings. The summed E-state index contributed by atoms with van der Waals surface area (Å²) in [6.45, 7) is 19.1. The molecule has 0 spiro atoms. The largest absolute Gasteiger partial charge is 0.334 e. The summed E-state index contributed by atoms with van der Waals surface area (Å²) in [4.78, 5) is 12.9. The van der Waals surface area contributed by atoms with Crippen LogP contribution in [0.15, 0.2) is 200 Å². The molecule has 2 atom stereocenters. The number of benzene rings is 8. The van der Waals surface area contributed by atoms with Crippen molar-refractivity contribution < 1.29 is 0 Å². The van der Waals surface area contributed by atoms with Gasteiger partial charge in [0.25, 0.3) is 6.71 Å². The number of hydrogen-bond donors (Lipinski definition) is 0. The quantitative estimate of drug-likeness (QED) is 0.155. The van der Waals surface area contributed by atoms with Gasteiger partial charge in [-0.15, -0.1) is 0 Å². The van der Waals surface area contributed by atoms with E-state index in [-0.39, 0.29) is 28.5 Å². The Morgan fingerprint density at radius 3 is 1.72 bits per heavy atom. The van der Waals surface area contributed by atoms with Crippen LogP contribution in [-0.4, -0.2) is 17.2 Å². The van der Waals surface area contributed by atoms with Crippen molar-refractivity contribution in [3.8, 4) is 33.5 Å². The van der Waals surface area contributed by atoms with Crippen molar-refractivity contribution in [3.63, 3.8) is 0 Å². The van der Waals surface area contributed by atoms with E-state index < -0.39 is 0 Å². The molecule has 0 radical (unpaired) electrons. The Morgan fingerprint density at radius 2 is 1.04 bits per heavy atom. The first-order valence-corrected chi connectivity index (χ1v) is 26.9. The van der Waals surface area contributed by atoms with E-state index in [0.29, 0.717) is 0 Å². The highest BCUT2D eigenvalue weighted by atomic mass is 15.3. The first-order valence-electron chi connectivity index (χ1n) is 26.9. The van der Waals surface area contributed by atoms with Crippen LogP contribution in [0.25, 0.3) is 33.5 Å². The molecule has 0 amide bonds. The zero-order valence-electron chi connectivity index (χ0n) is 44.2. The van der Waals surface area contributed by atoms with Gasteiger partial charge in [0.15, 0.2) is 0 Å². The molecule has 1 aromatic heterocycles. The van der Waals surface area contributed by atoms with Gasteiger partial charge in [-0.2, -0.15) is 0 Å². The van der Waals surface area contributed by atoms with Crippen LogP contribution in [0.4, 0.5) is 45.5 Å². The lowest BCUT2D eigenvalue weighted by molar-refractivity contribution is 0.195. The fourth-order valence-corrected chi connectivity index (χ4v) is 13.3. The molecule has 4 nitrogen and oxygen atoms in total. The number of rotatable bonds is 6. The molecular formula is C69H65BN4.